The molecule has 0 aliphatic rings. The van der Waals surface area contributed by atoms with Crippen molar-refractivity contribution in [1.82, 2.24) is 10.2 Å². The van der Waals surface area contributed by atoms with Gasteiger partial charge in [-0.3, -0.25) is 4.90 Å². The van der Waals surface area contributed by atoms with Gasteiger partial charge in [0.05, 0.1) is 6.54 Å². The number of hydrogen-bond acceptors (Lipinski definition) is 2. The Morgan fingerprint density at radius 2 is 1.67 bits per heavy atom. The number of nitrogens with one attached hydrogen (secondary N) is 1. The van der Waals surface area contributed by atoms with Crippen LogP contribution in [-0.2, 0) is 0 Å². The Balaban J connectivity index is 4.65. The molecule has 0 heterocycles. The first-order chi connectivity index (χ1) is 9.62. The molecule has 0 amide bonds. The molecule has 21 heavy (non-hydrogen) atoms. The number of nitrogens with zero attached hydrogens (tertiary/aromatic N) is 1. The van der Waals surface area contributed by atoms with Gasteiger partial charge in [0.1, 0.15) is 0 Å². The predicted octanol–water partition coefficient (Wildman–Crippen LogP) is 4.31. The fraction of sp³-hybridized carbons (Fsp3) is 1.00. The number of halogens is 3. The van der Waals surface area contributed by atoms with Gasteiger partial charge in [0.2, 0.25) is 0 Å². The van der Waals surface area contributed by atoms with Crippen LogP contribution in [0.1, 0.15) is 53.9 Å². The van der Waals surface area contributed by atoms with Crippen LogP contribution in [0.25, 0.3) is 0 Å². The summed E-state index contributed by atoms with van der Waals surface area (Å²) >= 11 is 0. The minimum Gasteiger partial charge on any atom is -0.316 e. The van der Waals surface area contributed by atoms with Crippen molar-refractivity contribution in [3.8, 4) is 0 Å². The van der Waals surface area contributed by atoms with Crippen molar-refractivity contribution in [1.29, 1.82) is 0 Å². The average molecular weight is 310 g/mol. The van der Waals surface area contributed by atoms with Gasteiger partial charge in [-0.25, -0.2) is 0 Å². The fourth-order valence-electron chi connectivity index (χ4n) is 2.81. The molecule has 0 aromatic rings. The first-order valence-electron chi connectivity index (χ1n) is 8.11. The summed E-state index contributed by atoms with van der Waals surface area (Å²) in [6.07, 6.45) is -1.44. The molecule has 0 aliphatic heterocycles. The minimum absolute atomic E-state index is 0.107. The predicted molar refractivity (Wildman–Crippen MR) is 83.5 cm³/mol. The van der Waals surface area contributed by atoms with Crippen LogP contribution in [0.15, 0.2) is 0 Å². The molecule has 0 aromatic carbocycles. The maximum Gasteiger partial charge on any atom is 0.401 e. The Bertz CT molecular complexity index is 267. The molecule has 0 radical (unpaired) electrons. The highest BCUT2D eigenvalue weighted by Crippen LogP contribution is 2.26. The Hall–Kier alpha value is -0.290. The lowest BCUT2D eigenvalue weighted by Gasteiger charge is -2.36. The van der Waals surface area contributed by atoms with Gasteiger partial charge >= 0.3 is 6.18 Å². The Morgan fingerprint density at radius 1 is 1.05 bits per heavy atom. The zero-order valence-electron chi connectivity index (χ0n) is 14.3. The molecule has 1 N–H and O–H groups in total. The monoisotopic (exact) mass is 310 g/mol. The van der Waals surface area contributed by atoms with Crippen LogP contribution in [0.5, 0.6) is 0 Å². The molecule has 0 spiro atoms. The molecule has 0 bridgehead atoms. The summed E-state index contributed by atoms with van der Waals surface area (Å²) in [5.74, 6) is 0.554. The molecule has 0 aromatic heterocycles. The maximum absolute atomic E-state index is 12.7. The van der Waals surface area contributed by atoms with E-state index in [2.05, 4.69) is 33.0 Å². The lowest BCUT2D eigenvalue weighted by Crippen LogP contribution is -2.46. The Labute approximate surface area is 128 Å². The number of hydrogen-bond donors (Lipinski definition) is 1. The lowest BCUT2D eigenvalue weighted by atomic mass is 9.84. The van der Waals surface area contributed by atoms with Crippen LogP contribution in [0.3, 0.4) is 0 Å². The molecule has 1 unspecified atom stereocenters. The van der Waals surface area contributed by atoms with E-state index in [-0.39, 0.29) is 5.41 Å². The summed E-state index contributed by atoms with van der Waals surface area (Å²) in [5, 5.41) is 3.41. The molecule has 128 valence electrons. The highest BCUT2D eigenvalue weighted by atomic mass is 19.4. The topological polar surface area (TPSA) is 15.3 Å². The van der Waals surface area contributed by atoms with E-state index in [1.54, 1.807) is 4.90 Å². The fourth-order valence-corrected chi connectivity index (χ4v) is 2.81. The quantitative estimate of drug-likeness (QED) is 0.611. The molecule has 0 rings (SSSR count). The molecule has 2 nitrogen and oxygen atoms in total. The summed E-state index contributed by atoms with van der Waals surface area (Å²) in [6.45, 7) is 12.3. The molecule has 0 aliphatic carbocycles. The van der Waals surface area contributed by atoms with Crippen LogP contribution in [0.2, 0.25) is 0 Å². The Kier molecular flexibility index (Phi) is 9.54. The van der Waals surface area contributed by atoms with Gasteiger partial charge in [-0.05, 0) is 37.3 Å². The van der Waals surface area contributed by atoms with E-state index in [1.165, 1.54) is 0 Å². The highest BCUT2D eigenvalue weighted by molar-refractivity contribution is 4.82. The highest BCUT2D eigenvalue weighted by Gasteiger charge is 2.34. The second kappa shape index (κ2) is 9.67. The van der Waals surface area contributed by atoms with E-state index in [1.807, 2.05) is 6.92 Å². The van der Waals surface area contributed by atoms with E-state index >= 15 is 0 Å². The molecule has 0 fully saturated rings. The van der Waals surface area contributed by atoms with Crippen molar-refractivity contribution in [3.05, 3.63) is 0 Å². The van der Waals surface area contributed by atoms with Crippen LogP contribution in [-0.4, -0.2) is 43.8 Å². The zero-order chi connectivity index (χ0) is 16.5. The van der Waals surface area contributed by atoms with Crippen LogP contribution in [0.4, 0.5) is 13.2 Å². The van der Waals surface area contributed by atoms with E-state index in [0.717, 1.165) is 32.4 Å². The first-order valence-corrected chi connectivity index (χ1v) is 8.11. The van der Waals surface area contributed by atoms with Crippen molar-refractivity contribution in [2.24, 2.45) is 11.3 Å². The minimum atomic E-state index is -4.12. The van der Waals surface area contributed by atoms with Crippen molar-refractivity contribution in [2.45, 2.75) is 60.1 Å². The van der Waals surface area contributed by atoms with E-state index < -0.39 is 12.7 Å². The summed E-state index contributed by atoms with van der Waals surface area (Å²) in [5.41, 5.74) is -0.107. The van der Waals surface area contributed by atoms with Crippen molar-refractivity contribution in [2.75, 3.05) is 32.7 Å². The Morgan fingerprint density at radius 3 is 2.10 bits per heavy atom. The van der Waals surface area contributed by atoms with Gasteiger partial charge in [-0.15, -0.1) is 0 Å². The van der Waals surface area contributed by atoms with Crippen LogP contribution >= 0.6 is 0 Å². The molecule has 1 atom stereocenters. The lowest BCUT2D eigenvalue weighted by molar-refractivity contribution is -0.149. The third kappa shape index (κ3) is 11.0. The van der Waals surface area contributed by atoms with Gasteiger partial charge in [-0.2, -0.15) is 13.2 Å². The van der Waals surface area contributed by atoms with Crippen molar-refractivity contribution < 1.29 is 13.2 Å². The van der Waals surface area contributed by atoms with E-state index in [4.69, 9.17) is 0 Å². The van der Waals surface area contributed by atoms with Gasteiger partial charge in [0.15, 0.2) is 0 Å². The second-order valence-corrected chi connectivity index (χ2v) is 6.91. The third-order valence-electron chi connectivity index (χ3n) is 3.51. The maximum atomic E-state index is 12.7. The van der Waals surface area contributed by atoms with Crippen LogP contribution < -0.4 is 5.32 Å². The molecule has 0 saturated heterocycles. The standard InChI is InChI=1S/C16H33F3N2/c1-6-8-15(5,11-20-10-14(3)4)12-21(9-7-2)13-16(17,18)19/h14,20H,6-13H2,1-5H3. The van der Waals surface area contributed by atoms with Crippen LogP contribution in [0, 0.1) is 11.3 Å². The molecular formula is C16H33F3N2. The van der Waals surface area contributed by atoms with Gasteiger partial charge in [-0.1, -0.05) is 41.0 Å². The summed E-state index contributed by atoms with van der Waals surface area (Å²) < 4.78 is 38.1. The van der Waals surface area contributed by atoms with Crippen molar-refractivity contribution >= 4 is 0 Å². The van der Waals surface area contributed by atoms with E-state index in [0.29, 0.717) is 19.0 Å². The average Bonchev–Trinajstić information content (AvgIpc) is 2.26. The summed E-state index contributed by atoms with van der Waals surface area (Å²) in [4.78, 5) is 1.56. The molecular weight excluding hydrogens is 277 g/mol. The largest absolute Gasteiger partial charge is 0.401 e. The zero-order valence-corrected chi connectivity index (χ0v) is 14.3. The van der Waals surface area contributed by atoms with E-state index in [9.17, 15) is 13.2 Å². The number of rotatable bonds is 11. The summed E-state index contributed by atoms with van der Waals surface area (Å²) in [7, 11) is 0. The van der Waals surface area contributed by atoms with Gasteiger partial charge in [0.25, 0.3) is 0 Å². The first kappa shape index (κ1) is 20.7. The smallest absolute Gasteiger partial charge is 0.316 e. The van der Waals surface area contributed by atoms with Gasteiger partial charge < -0.3 is 5.32 Å². The third-order valence-corrected chi connectivity index (χ3v) is 3.51. The van der Waals surface area contributed by atoms with Crippen molar-refractivity contribution in [3.63, 3.8) is 0 Å². The molecule has 0 saturated carbocycles. The SMILES string of the molecule is CCCN(CC(F)(F)F)CC(C)(CCC)CNCC(C)C. The summed E-state index contributed by atoms with van der Waals surface area (Å²) in [6, 6.07) is 0. The normalized spacial score (nSPS) is 15.7. The second-order valence-electron chi connectivity index (χ2n) is 6.91. The molecule has 5 heteroatoms. The van der Waals surface area contributed by atoms with Gasteiger partial charge in [0, 0.05) is 13.1 Å². The number of alkyl halides is 3.